The van der Waals surface area contributed by atoms with Gasteiger partial charge in [0.15, 0.2) is 0 Å². The zero-order valence-electron chi connectivity index (χ0n) is 20.5. The number of piperazine rings is 1. The van der Waals surface area contributed by atoms with Crippen LogP contribution in [-0.4, -0.2) is 67.0 Å². The summed E-state index contributed by atoms with van der Waals surface area (Å²) in [5.41, 5.74) is 2.06. The number of methoxy groups -OCH3 is 1. The molecule has 0 radical (unpaired) electrons. The van der Waals surface area contributed by atoms with Crippen LogP contribution in [0.5, 0.6) is 5.75 Å². The highest BCUT2D eigenvalue weighted by Crippen LogP contribution is 2.40. The molecule has 0 aromatic heterocycles. The van der Waals surface area contributed by atoms with Gasteiger partial charge in [0, 0.05) is 38.3 Å². The number of nitrogens with zero attached hydrogens (tertiary/aromatic N) is 3. The van der Waals surface area contributed by atoms with Crippen LogP contribution in [0, 0.1) is 5.92 Å². The molecule has 2 heterocycles. The maximum absolute atomic E-state index is 13.8. The van der Waals surface area contributed by atoms with E-state index in [1.807, 2.05) is 64.4 Å². The normalized spacial score (nSPS) is 24.5. The van der Waals surface area contributed by atoms with Gasteiger partial charge in [-0.2, -0.15) is 0 Å². The lowest BCUT2D eigenvalue weighted by Crippen LogP contribution is -2.55. The fourth-order valence-corrected chi connectivity index (χ4v) is 6.08. The number of amides is 2. The van der Waals surface area contributed by atoms with Crippen LogP contribution in [0.15, 0.2) is 60.7 Å². The maximum atomic E-state index is 13.8. The van der Waals surface area contributed by atoms with Crippen LogP contribution < -0.4 is 9.64 Å². The van der Waals surface area contributed by atoms with Crippen molar-refractivity contribution < 1.29 is 14.3 Å². The van der Waals surface area contributed by atoms with Crippen molar-refractivity contribution >= 4 is 23.6 Å². The van der Waals surface area contributed by atoms with Crippen molar-refractivity contribution in [2.24, 2.45) is 5.92 Å². The molecule has 0 N–H and O–H groups in total. The van der Waals surface area contributed by atoms with Gasteiger partial charge >= 0.3 is 0 Å². The monoisotopic (exact) mass is 473 g/mol. The van der Waals surface area contributed by atoms with Gasteiger partial charge in [-0.25, -0.2) is 0 Å². The Morgan fingerprint density at radius 1 is 0.914 bits per heavy atom. The minimum atomic E-state index is -0.353. The van der Waals surface area contributed by atoms with E-state index in [2.05, 4.69) is 11.0 Å². The molecule has 3 aliphatic rings. The number of likely N-dealkylation sites (tertiary alicyclic amines) is 1. The van der Waals surface area contributed by atoms with Crippen molar-refractivity contribution in [3.63, 3.8) is 0 Å². The van der Waals surface area contributed by atoms with E-state index >= 15 is 0 Å². The van der Waals surface area contributed by atoms with E-state index in [0.29, 0.717) is 19.0 Å². The molecule has 35 heavy (non-hydrogen) atoms. The first kappa shape index (κ1) is 23.5. The largest absolute Gasteiger partial charge is 0.495 e. The quantitative estimate of drug-likeness (QED) is 0.611. The molecule has 3 unspecified atom stereocenters. The van der Waals surface area contributed by atoms with Gasteiger partial charge in [0.25, 0.3) is 0 Å². The Morgan fingerprint density at radius 3 is 2.40 bits per heavy atom. The zero-order valence-corrected chi connectivity index (χ0v) is 20.5. The fourth-order valence-electron chi connectivity index (χ4n) is 6.08. The SMILES string of the molecule is COc1ccccc1N1CCN(C(=O)C2CC3CCCCC3N2C(=O)/C=C/c2ccccc2)CC1. The van der Waals surface area contributed by atoms with Gasteiger partial charge in [-0.1, -0.05) is 55.3 Å². The average Bonchev–Trinajstić information content (AvgIpc) is 3.32. The molecule has 2 amide bonds. The topological polar surface area (TPSA) is 53.1 Å². The Morgan fingerprint density at radius 2 is 1.63 bits per heavy atom. The second-order valence-electron chi connectivity index (χ2n) is 9.84. The Hall–Kier alpha value is -3.28. The van der Waals surface area contributed by atoms with Crippen molar-refractivity contribution in [2.45, 2.75) is 44.2 Å². The summed E-state index contributed by atoms with van der Waals surface area (Å²) in [5, 5.41) is 0. The van der Waals surface area contributed by atoms with E-state index in [9.17, 15) is 9.59 Å². The second kappa shape index (κ2) is 10.5. The highest BCUT2D eigenvalue weighted by atomic mass is 16.5. The van der Waals surface area contributed by atoms with Gasteiger partial charge in [0.05, 0.1) is 12.8 Å². The molecule has 0 bridgehead atoms. The minimum absolute atomic E-state index is 0.0331. The third-order valence-corrected chi connectivity index (χ3v) is 7.86. The predicted octanol–water partition coefficient (Wildman–Crippen LogP) is 4.22. The number of benzene rings is 2. The summed E-state index contributed by atoms with van der Waals surface area (Å²) in [6.45, 7) is 2.83. The Balaban J connectivity index is 1.29. The van der Waals surface area contributed by atoms with Gasteiger partial charge in [-0.05, 0) is 49.0 Å². The molecule has 0 spiro atoms. The molecule has 2 aromatic rings. The Labute approximate surface area is 208 Å². The molecule has 6 nitrogen and oxygen atoms in total. The van der Waals surface area contributed by atoms with Gasteiger partial charge in [0.1, 0.15) is 11.8 Å². The van der Waals surface area contributed by atoms with Gasteiger partial charge in [-0.15, -0.1) is 0 Å². The molecule has 3 atom stereocenters. The Bertz CT molecular complexity index is 1060. The maximum Gasteiger partial charge on any atom is 0.247 e. The summed E-state index contributed by atoms with van der Waals surface area (Å²) in [5.74, 6) is 1.37. The molecule has 184 valence electrons. The first-order valence-corrected chi connectivity index (χ1v) is 12.9. The lowest BCUT2D eigenvalue weighted by Gasteiger charge is -2.39. The first-order chi connectivity index (χ1) is 17.2. The van der Waals surface area contributed by atoms with E-state index in [-0.39, 0.29) is 23.9 Å². The Kier molecular flexibility index (Phi) is 7.07. The highest BCUT2D eigenvalue weighted by Gasteiger charge is 2.48. The first-order valence-electron chi connectivity index (χ1n) is 12.9. The van der Waals surface area contributed by atoms with Crippen LogP contribution in [0.4, 0.5) is 5.69 Å². The third kappa shape index (κ3) is 4.93. The number of carbonyl (C=O) groups excluding carboxylic acids is 2. The summed E-state index contributed by atoms with van der Waals surface area (Å²) in [6, 6.07) is 17.7. The standard InChI is InChI=1S/C29H35N3O3/c1-35-27-14-8-7-13-25(27)30-17-19-31(20-18-30)29(34)26-21-23-11-5-6-12-24(23)32(26)28(33)16-15-22-9-3-2-4-10-22/h2-4,7-10,13-16,23-24,26H,5-6,11-12,17-21H2,1H3/b16-15+. The van der Waals surface area contributed by atoms with Crippen molar-refractivity contribution in [1.82, 2.24) is 9.80 Å². The van der Waals surface area contributed by atoms with E-state index in [1.54, 1.807) is 13.2 Å². The van der Waals surface area contributed by atoms with Crippen molar-refractivity contribution in [3.05, 3.63) is 66.2 Å². The molecule has 2 aliphatic heterocycles. The number of rotatable bonds is 5. The molecule has 6 heteroatoms. The highest BCUT2D eigenvalue weighted by molar-refractivity contribution is 5.96. The van der Waals surface area contributed by atoms with Crippen LogP contribution in [-0.2, 0) is 9.59 Å². The second-order valence-corrected chi connectivity index (χ2v) is 9.84. The number of hydrogen-bond acceptors (Lipinski definition) is 4. The zero-order chi connectivity index (χ0) is 24.2. The van der Waals surface area contributed by atoms with Crippen LogP contribution in [0.2, 0.25) is 0 Å². The number of ether oxygens (including phenoxy) is 1. The fraction of sp³-hybridized carbons (Fsp3) is 0.448. The number of fused-ring (bicyclic) bond motifs is 1. The molecule has 5 rings (SSSR count). The van der Waals surface area contributed by atoms with Crippen molar-refractivity contribution in [2.75, 3.05) is 38.2 Å². The number of para-hydroxylation sites is 2. The molecule has 2 saturated heterocycles. The van der Waals surface area contributed by atoms with Gasteiger partial charge in [-0.3, -0.25) is 9.59 Å². The summed E-state index contributed by atoms with van der Waals surface area (Å²) in [4.78, 5) is 33.4. The van der Waals surface area contributed by atoms with Gasteiger partial charge in [0.2, 0.25) is 11.8 Å². The lowest BCUT2D eigenvalue weighted by atomic mass is 9.84. The number of hydrogen-bond donors (Lipinski definition) is 0. The van der Waals surface area contributed by atoms with E-state index < -0.39 is 0 Å². The molecule has 1 aliphatic carbocycles. The van der Waals surface area contributed by atoms with Gasteiger partial charge < -0.3 is 19.4 Å². The van der Waals surface area contributed by atoms with Crippen molar-refractivity contribution in [3.8, 4) is 5.75 Å². The lowest BCUT2D eigenvalue weighted by molar-refractivity contribution is -0.143. The molecular weight excluding hydrogens is 438 g/mol. The molecule has 3 fully saturated rings. The van der Waals surface area contributed by atoms with E-state index in [0.717, 1.165) is 55.8 Å². The van der Waals surface area contributed by atoms with E-state index in [4.69, 9.17) is 4.74 Å². The number of carbonyl (C=O) groups is 2. The number of anilines is 1. The molecule has 2 aromatic carbocycles. The average molecular weight is 474 g/mol. The summed E-state index contributed by atoms with van der Waals surface area (Å²) >= 11 is 0. The van der Waals surface area contributed by atoms with Crippen LogP contribution in [0.25, 0.3) is 6.08 Å². The van der Waals surface area contributed by atoms with Crippen molar-refractivity contribution in [1.29, 1.82) is 0 Å². The third-order valence-electron chi connectivity index (χ3n) is 7.86. The molecular formula is C29H35N3O3. The summed E-state index contributed by atoms with van der Waals surface area (Å²) < 4.78 is 5.53. The van der Waals surface area contributed by atoms with Crippen LogP contribution in [0.1, 0.15) is 37.7 Å². The minimum Gasteiger partial charge on any atom is -0.495 e. The van der Waals surface area contributed by atoms with E-state index in [1.165, 1.54) is 6.42 Å². The van der Waals surface area contributed by atoms with Crippen LogP contribution >= 0.6 is 0 Å². The predicted molar refractivity (Wildman–Crippen MR) is 138 cm³/mol. The van der Waals surface area contributed by atoms with Crippen LogP contribution in [0.3, 0.4) is 0 Å². The molecule has 1 saturated carbocycles. The summed E-state index contributed by atoms with van der Waals surface area (Å²) in [6.07, 6.45) is 8.76. The summed E-state index contributed by atoms with van der Waals surface area (Å²) in [7, 11) is 1.69. The smallest absolute Gasteiger partial charge is 0.247 e.